The fraction of sp³-hybridized carbons (Fsp3) is 0.250. The molecule has 0 bridgehead atoms. The van der Waals surface area contributed by atoms with Gasteiger partial charge in [0.1, 0.15) is 11.1 Å². The summed E-state index contributed by atoms with van der Waals surface area (Å²) < 4.78 is 0. The number of aromatic nitrogens is 1. The van der Waals surface area contributed by atoms with E-state index in [4.69, 9.17) is 11.6 Å². The molecule has 68 valence electrons. The van der Waals surface area contributed by atoms with Crippen LogP contribution in [-0.4, -0.2) is 17.1 Å². The van der Waals surface area contributed by atoms with Crippen molar-refractivity contribution >= 4 is 35.1 Å². The molecule has 0 aromatic carbocycles. The third-order valence-electron chi connectivity index (χ3n) is 1.88. The number of halogens is 1. The minimum Gasteiger partial charge on any atom is -0.309 e. The largest absolute Gasteiger partial charge is 0.309 e. The van der Waals surface area contributed by atoms with Crippen molar-refractivity contribution < 1.29 is 4.79 Å². The van der Waals surface area contributed by atoms with Gasteiger partial charge in [-0.05, 0) is 12.3 Å². The highest BCUT2D eigenvalue weighted by molar-refractivity contribution is 7.99. The zero-order valence-corrected chi connectivity index (χ0v) is 8.45. The standard InChI is InChI=1S/C8H7ClN2OS/c1-13-6-5-2-4(9)3-10-7(5)11-8(6)12/h2-3,6H,1H3,(H,10,11,12)/t6-/m0/s1. The van der Waals surface area contributed by atoms with Crippen molar-refractivity contribution in [3.63, 3.8) is 0 Å². The van der Waals surface area contributed by atoms with Crippen LogP contribution in [0.3, 0.4) is 0 Å². The van der Waals surface area contributed by atoms with E-state index in [-0.39, 0.29) is 11.2 Å². The lowest BCUT2D eigenvalue weighted by Crippen LogP contribution is -2.08. The predicted octanol–water partition coefficient (Wildman–Crippen LogP) is 2.09. The van der Waals surface area contributed by atoms with Crippen molar-refractivity contribution in [1.29, 1.82) is 0 Å². The third kappa shape index (κ3) is 1.40. The first-order chi connectivity index (χ1) is 6.22. The van der Waals surface area contributed by atoms with Crippen LogP contribution in [0.4, 0.5) is 5.82 Å². The van der Waals surface area contributed by atoms with Gasteiger partial charge in [0, 0.05) is 11.8 Å². The molecule has 3 nitrogen and oxygen atoms in total. The zero-order chi connectivity index (χ0) is 9.42. The summed E-state index contributed by atoms with van der Waals surface area (Å²) in [7, 11) is 0. The van der Waals surface area contributed by atoms with Gasteiger partial charge in [0.2, 0.25) is 5.91 Å². The Labute approximate surface area is 84.9 Å². The Morgan fingerprint density at radius 3 is 3.15 bits per heavy atom. The summed E-state index contributed by atoms with van der Waals surface area (Å²) in [5.41, 5.74) is 0.880. The van der Waals surface area contributed by atoms with Gasteiger partial charge >= 0.3 is 0 Å². The predicted molar refractivity (Wildman–Crippen MR) is 54.1 cm³/mol. The summed E-state index contributed by atoms with van der Waals surface area (Å²) in [4.78, 5) is 15.4. The molecule has 1 atom stereocenters. The fourth-order valence-corrected chi connectivity index (χ4v) is 2.19. The van der Waals surface area contributed by atoms with Crippen LogP contribution in [0.25, 0.3) is 0 Å². The lowest BCUT2D eigenvalue weighted by atomic mass is 10.2. The molecular formula is C8H7ClN2OS. The Balaban J connectivity index is 2.50. The first kappa shape index (κ1) is 8.84. The monoisotopic (exact) mass is 214 g/mol. The normalized spacial score (nSPS) is 19.8. The van der Waals surface area contributed by atoms with Crippen LogP contribution in [-0.2, 0) is 4.79 Å². The molecule has 0 spiro atoms. The Kier molecular flexibility index (Phi) is 2.17. The van der Waals surface area contributed by atoms with Crippen LogP contribution < -0.4 is 5.32 Å². The van der Waals surface area contributed by atoms with Crippen LogP contribution in [0.2, 0.25) is 5.02 Å². The zero-order valence-electron chi connectivity index (χ0n) is 6.87. The maximum atomic E-state index is 11.4. The third-order valence-corrected chi connectivity index (χ3v) is 3.03. The van der Waals surface area contributed by atoms with Gasteiger partial charge in [-0.25, -0.2) is 4.98 Å². The number of carbonyl (C=O) groups is 1. The molecule has 1 aromatic heterocycles. The van der Waals surface area contributed by atoms with Crippen molar-refractivity contribution in [2.45, 2.75) is 5.25 Å². The molecule has 0 saturated heterocycles. The highest BCUT2D eigenvalue weighted by Gasteiger charge is 2.30. The van der Waals surface area contributed by atoms with E-state index in [1.165, 1.54) is 18.0 Å². The summed E-state index contributed by atoms with van der Waals surface area (Å²) in [5, 5.41) is 3.09. The molecule has 1 aromatic rings. The molecule has 0 unspecified atom stereocenters. The van der Waals surface area contributed by atoms with E-state index in [0.717, 1.165) is 5.56 Å². The van der Waals surface area contributed by atoms with Crippen LogP contribution in [0.1, 0.15) is 10.8 Å². The number of nitrogens with one attached hydrogen (secondary N) is 1. The summed E-state index contributed by atoms with van der Waals surface area (Å²) in [5.74, 6) is 0.617. The Hall–Kier alpha value is -0.740. The van der Waals surface area contributed by atoms with Gasteiger partial charge in [-0.3, -0.25) is 4.79 Å². The number of hydrogen-bond acceptors (Lipinski definition) is 3. The maximum absolute atomic E-state index is 11.4. The molecule has 2 rings (SSSR count). The quantitative estimate of drug-likeness (QED) is 0.779. The molecule has 0 saturated carbocycles. The van der Waals surface area contributed by atoms with Crippen LogP contribution >= 0.6 is 23.4 Å². The van der Waals surface area contributed by atoms with Crippen molar-refractivity contribution in [1.82, 2.24) is 4.98 Å². The topological polar surface area (TPSA) is 42.0 Å². The van der Waals surface area contributed by atoms with E-state index < -0.39 is 0 Å². The maximum Gasteiger partial charge on any atom is 0.243 e. The molecule has 0 fully saturated rings. The Morgan fingerprint density at radius 2 is 2.46 bits per heavy atom. The molecular weight excluding hydrogens is 208 g/mol. The molecule has 0 radical (unpaired) electrons. The fourth-order valence-electron chi connectivity index (χ4n) is 1.32. The van der Waals surface area contributed by atoms with Gasteiger partial charge in [-0.15, -0.1) is 11.8 Å². The molecule has 1 aliphatic rings. The molecule has 1 amide bonds. The van der Waals surface area contributed by atoms with Crippen LogP contribution in [0.5, 0.6) is 0 Å². The van der Waals surface area contributed by atoms with Gasteiger partial charge < -0.3 is 5.32 Å². The second-order valence-corrected chi connectivity index (χ2v) is 4.08. The molecule has 1 N–H and O–H groups in total. The van der Waals surface area contributed by atoms with Crippen molar-refractivity contribution in [2.75, 3.05) is 11.6 Å². The number of nitrogens with zero attached hydrogens (tertiary/aromatic N) is 1. The molecule has 0 aliphatic carbocycles. The van der Waals surface area contributed by atoms with E-state index in [9.17, 15) is 4.79 Å². The van der Waals surface area contributed by atoms with Crippen molar-refractivity contribution in [2.24, 2.45) is 0 Å². The number of thioether (sulfide) groups is 1. The highest BCUT2D eigenvalue weighted by atomic mass is 35.5. The SMILES string of the molecule is CS[C@@H]1C(=O)Nc2ncc(Cl)cc21. The first-order valence-electron chi connectivity index (χ1n) is 3.71. The van der Waals surface area contributed by atoms with E-state index in [0.29, 0.717) is 10.8 Å². The van der Waals surface area contributed by atoms with Crippen molar-refractivity contribution in [3.8, 4) is 0 Å². The van der Waals surface area contributed by atoms with E-state index in [2.05, 4.69) is 10.3 Å². The number of pyridine rings is 1. The average molecular weight is 215 g/mol. The van der Waals surface area contributed by atoms with Gasteiger partial charge in [0.05, 0.1) is 5.02 Å². The molecule has 5 heteroatoms. The van der Waals surface area contributed by atoms with Crippen LogP contribution in [0.15, 0.2) is 12.3 Å². The van der Waals surface area contributed by atoms with Gasteiger partial charge in [-0.1, -0.05) is 11.6 Å². The Morgan fingerprint density at radius 1 is 1.69 bits per heavy atom. The summed E-state index contributed by atoms with van der Waals surface area (Å²) in [6, 6.07) is 1.78. The average Bonchev–Trinajstić information content (AvgIpc) is 2.40. The van der Waals surface area contributed by atoms with Gasteiger partial charge in [-0.2, -0.15) is 0 Å². The smallest absolute Gasteiger partial charge is 0.243 e. The number of anilines is 1. The Bertz CT molecular complexity index is 369. The summed E-state index contributed by atoms with van der Waals surface area (Å²) in [6.07, 6.45) is 3.42. The minimum absolute atomic E-state index is 0.0164. The second-order valence-electron chi connectivity index (χ2n) is 2.70. The lowest BCUT2D eigenvalue weighted by molar-refractivity contribution is -0.115. The summed E-state index contributed by atoms with van der Waals surface area (Å²) >= 11 is 7.26. The number of fused-ring (bicyclic) bond motifs is 1. The van der Waals surface area contributed by atoms with E-state index >= 15 is 0 Å². The van der Waals surface area contributed by atoms with E-state index in [1.807, 2.05) is 6.26 Å². The molecule has 1 aliphatic heterocycles. The van der Waals surface area contributed by atoms with Gasteiger partial charge in [0.25, 0.3) is 0 Å². The number of amides is 1. The second kappa shape index (κ2) is 3.20. The first-order valence-corrected chi connectivity index (χ1v) is 5.38. The van der Waals surface area contributed by atoms with Crippen molar-refractivity contribution in [3.05, 3.63) is 22.8 Å². The number of carbonyl (C=O) groups excluding carboxylic acids is 1. The van der Waals surface area contributed by atoms with Crippen LogP contribution in [0, 0.1) is 0 Å². The number of rotatable bonds is 1. The summed E-state index contributed by atoms with van der Waals surface area (Å²) in [6.45, 7) is 0. The highest BCUT2D eigenvalue weighted by Crippen LogP contribution is 2.38. The minimum atomic E-state index is -0.166. The lowest BCUT2D eigenvalue weighted by Gasteiger charge is -2.02. The molecule has 2 heterocycles. The van der Waals surface area contributed by atoms with Gasteiger partial charge in [0.15, 0.2) is 0 Å². The van der Waals surface area contributed by atoms with E-state index in [1.54, 1.807) is 6.07 Å². The molecule has 13 heavy (non-hydrogen) atoms. The number of hydrogen-bond donors (Lipinski definition) is 1.